The van der Waals surface area contributed by atoms with Gasteiger partial charge in [-0.25, -0.2) is 0 Å². The second-order valence-electron chi connectivity index (χ2n) is 8.45. The molecule has 1 amide bonds. The summed E-state index contributed by atoms with van der Waals surface area (Å²) in [5.74, 6) is -0.290. The molecule has 0 radical (unpaired) electrons. The third-order valence-corrected chi connectivity index (χ3v) is 6.40. The standard InChI is InChI=1S/C22H28N2O3S/c1-14-19(22(3,4)5)28-21(24(14)13-16-11-12-16)23-20(26)18(27-15(2)25)17-9-7-6-8-10-17/h6-10,16,18H,11-13H2,1-5H3. The number of amides is 1. The molecule has 0 N–H and O–H groups in total. The van der Waals surface area contributed by atoms with Gasteiger partial charge in [0.2, 0.25) is 6.10 Å². The fourth-order valence-corrected chi connectivity index (χ4v) is 4.45. The summed E-state index contributed by atoms with van der Waals surface area (Å²) in [5, 5.41) is 0. The molecule has 5 nitrogen and oxygen atoms in total. The Kier molecular flexibility index (Phi) is 5.89. The summed E-state index contributed by atoms with van der Waals surface area (Å²) in [6, 6.07) is 9.05. The van der Waals surface area contributed by atoms with Gasteiger partial charge in [0.05, 0.1) is 0 Å². The van der Waals surface area contributed by atoms with Gasteiger partial charge in [-0.15, -0.1) is 11.3 Å². The number of carbonyl (C=O) groups is 2. The van der Waals surface area contributed by atoms with E-state index in [1.165, 1.54) is 30.3 Å². The van der Waals surface area contributed by atoms with Crippen LogP contribution < -0.4 is 4.80 Å². The first-order valence-corrected chi connectivity index (χ1v) is 10.5. The van der Waals surface area contributed by atoms with Crippen molar-refractivity contribution in [2.45, 2.75) is 65.5 Å². The molecule has 1 heterocycles. The lowest BCUT2D eigenvalue weighted by atomic mass is 9.93. The Bertz CT molecular complexity index is 931. The van der Waals surface area contributed by atoms with Gasteiger partial charge in [-0.1, -0.05) is 51.1 Å². The lowest BCUT2D eigenvalue weighted by Gasteiger charge is -2.17. The number of rotatable bonds is 5. The van der Waals surface area contributed by atoms with Gasteiger partial charge in [-0.3, -0.25) is 9.59 Å². The number of hydrogen-bond acceptors (Lipinski definition) is 4. The predicted molar refractivity (Wildman–Crippen MR) is 110 cm³/mol. The molecule has 1 aliphatic rings. The minimum absolute atomic E-state index is 0.0222. The first-order valence-electron chi connectivity index (χ1n) is 9.68. The van der Waals surface area contributed by atoms with E-state index in [9.17, 15) is 9.59 Å². The number of nitrogens with zero attached hydrogens (tertiary/aromatic N) is 2. The summed E-state index contributed by atoms with van der Waals surface area (Å²) < 4.78 is 7.48. The zero-order chi connectivity index (χ0) is 20.5. The van der Waals surface area contributed by atoms with Gasteiger partial charge in [0, 0.05) is 29.6 Å². The van der Waals surface area contributed by atoms with Crippen LogP contribution in [0.4, 0.5) is 0 Å². The minimum atomic E-state index is -1.02. The van der Waals surface area contributed by atoms with Gasteiger partial charge in [0.25, 0.3) is 5.91 Å². The lowest BCUT2D eigenvalue weighted by molar-refractivity contribution is -0.153. The zero-order valence-corrected chi connectivity index (χ0v) is 18.0. The molecular weight excluding hydrogens is 372 g/mol. The number of esters is 1. The molecule has 28 heavy (non-hydrogen) atoms. The molecule has 1 unspecified atom stereocenters. The van der Waals surface area contributed by atoms with Crippen LogP contribution in [-0.2, 0) is 26.3 Å². The molecule has 150 valence electrons. The third kappa shape index (κ3) is 4.79. The van der Waals surface area contributed by atoms with E-state index in [2.05, 4.69) is 37.3 Å². The number of benzene rings is 1. The maximum absolute atomic E-state index is 13.0. The Morgan fingerprint density at radius 1 is 1.25 bits per heavy atom. The van der Waals surface area contributed by atoms with Crippen LogP contribution in [0.2, 0.25) is 0 Å². The molecule has 6 heteroatoms. The monoisotopic (exact) mass is 400 g/mol. The van der Waals surface area contributed by atoms with Crippen LogP contribution in [0.1, 0.15) is 62.8 Å². The zero-order valence-electron chi connectivity index (χ0n) is 17.2. The summed E-state index contributed by atoms with van der Waals surface area (Å²) >= 11 is 1.56. The summed E-state index contributed by atoms with van der Waals surface area (Å²) in [7, 11) is 0. The average molecular weight is 401 g/mol. The first kappa shape index (κ1) is 20.5. The van der Waals surface area contributed by atoms with Gasteiger partial charge in [-0.05, 0) is 31.1 Å². The molecule has 0 saturated heterocycles. The number of hydrogen-bond donors (Lipinski definition) is 0. The quantitative estimate of drug-likeness (QED) is 0.703. The van der Waals surface area contributed by atoms with Crippen molar-refractivity contribution < 1.29 is 14.3 Å². The van der Waals surface area contributed by atoms with Gasteiger partial charge < -0.3 is 9.30 Å². The van der Waals surface area contributed by atoms with Crippen LogP contribution in [-0.4, -0.2) is 16.4 Å². The Morgan fingerprint density at radius 2 is 1.89 bits per heavy atom. The van der Waals surface area contributed by atoms with E-state index in [1.807, 2.05) is 18.2 Å². The highest BCUT2D eigenvalue weighted by atomic mass is 32.1. The van der Waals surface area contributed by atoms with Crippen LogP contribution in [0.15, 0.2) is 35.3 Å². The number of aromatic nitrogens is 1. The molecular formula is C22H28N2O3S. The van der Waals surface area contributed by atoms with E-state index in [1.54, 1.807) is 23.5 Å². The molecule has 2 aromatic rings. The van der Waals surface area contributed by atoms with Gasteiger partial charge >= 0.3 is 5.97 Å². The highest BCUT2D eigenvalue weighted by Gasteiger charge is 2.28. The number of carbonyl (C=O) groups excluding carboxylic acids is 2. The fraction of sp³-hybridized carbons (Fsp3) is 0.500. The van der Waals surface area contributed by atoms with Crippen molar-refractivity contribution in [3.63, 3.8) is 0 Å². The maximum Gasteiger partial charge on any atom is 0.303 e. The topological polar surface area (TPSA) is 60.7 Å². The minimum Gasteiger partial charge on any atom is -0.447 e. The largest absolute Gasteiger partial charge is 0.447 e. The summed E-state index contributed by atoms with van der Waals surface area (Å²) in [6.07, 6.45) is 1.43. The summed E-state index contributed by atoms with van der Waals surface area (Å²) in [5.41, 5.74) is 1.77. The Balaban J connectivity index is 2.04. The van der Waals surface area contributed by atoms with Crippen molar-refractivity contribution >= 4 is 23.2 Å². The Morgan fingerprint density at radius 3 is 2.43 bits per heavy atom. The SMILES string of the molecule is CC(=O)OC(C(=O)N=c1sc(C(C)(C)C)c(C)n1CC1CC1)c1ccccc1. The van der Waals surface area contributed by atoms with Crippen molar-refractivity contribution in [1.29, 1.82) is 0 Å². The van der Waals surface area contributed by atoms with E-state index in [4.69, 9.17) is 4.74 Å². The van der Waals surface area contributed by atoms with Gasteiger partial charge in [-0.2, -0.15) is 4.99 Å². The van der Waals surface area contributed by atoms with E-state index < -0.39 is 18.0 Å². The number of thiazole rings is 1. The van der Waals surface area contributed by atoms with Gasteiger partial charge in [0.15, 0.2) is 4.80 Å². The van der Waals surface area contributed by atoms with Crippen LogP contribution in [0.5, 0.6) is 0 Å². The van der Waals surface area contributed by atoms with E-state index in [0.29, 0.717) is 16.3 Å². The first-order chi connectivity index (χ1) is 13.2. The molecule has 1 saturated carbocycles. The summed E-state index contributed by atoms with van der Waals surface area (Å²) in [4.78, 5) is 30.9. The molecule has 3 rings (SSSR count). The van der Waals surface area contributed by atoms with Crippen LogP contribution in [0.3, 0.4) is 0 Å². The van der Waals surface area contributed by atoms with Crippen LogP contribution >= 0.6 is 11.3 Å². The lowest BCUT2D eigenvalue weighted by Crippen LogP contribution is -2.23. The molecule has 0 aliphatic heterocycles. The molecule has 1 aromatic heterocycles. The van der Waals surface area contributed by atoms with E-state index >= 15 is 0 Å². The fourth-order valence-electron chi connectivity index (χ4n) is 3.25. The van der Waals surface area contributed by atoms with Crippen LogP contribution in [0.25, 0.3) is 0 Å². The second-order valence-corrected chi connectivity index (χ2v) is 9.43. The van der Waals surface area contributed by atoms with Crippen molar-refractivity contribution in [2.75, 3.05) is 0 Å². The highest BCUT2D eigenvalue weighted by Crippen LogP contribution is 2.33. The molecule has 1 aromatic carbocycles. The Labute approximate surface area is 170 Å². The number of ether oxygens (including phenoxy) is 1. The maximum atomic E-state index is 13.0. The van der Waals surface area contributed by atoms with Crippen molar-refractivity contribution in [1.82, 2.24) is 4.57 Å². The highest BCUT2D eigenvalue weighted by molar-refractivity contribution is 7.09. The second kappa shape index (κ2) is 8.03. The van der Waals surface area contributed by atoms with Crippen molar-refractivity contribution in [2.24, 2.45) is 10.9 Å². The smallest absolute Gasteiger partial charge is 0.303 e. The van der Waals surface area contributed by atoms with Gasteiger partial charge in [0.1, 0.15) is 0 Å². The van der Waals surface area contributed by atoms with Crippen molar-refractivity contribution in [3.8, 4) is 0 Å². The molecule has 0 spiro atoms. The third-order valence-electron chi connectivity index (χ3n) is 4.79. The average Bonchev–Trinajstić information content (AvgIpc) is 3.38. The molecule has 1 aliphatic carbocycles. The van der Waals surface area contributed by atoms with E-state index in [0.717, 1.165) is 6.54 Å². The van der Waals surface area contributed by atoms with Crippen LogP contribution in [0, 0.1) is 12.8 Å². The Hall–Kier alpha value is -2.21. The molecule has 0 bridgehead atoms. The molecule has 1 atom stereocenters. The van der Waals surface area contributed by atoms with E-state index in [-0.39, 0.29) is 5.41 Å². The van der Waals surface area contributed by atoms with Crippen molar-refractivity contribution in [3.05, 3.63) is 51.3 Å². The molecule has 1 fully saturated rings. The summed E-state index contributed by atoms with van der Waals surface area (Å²) in [6.45, 7) is 10.8. The predicted octanol–water partition coefficient (Wildman–Crippen LogP) is 4.30. The normalized spacial score (nSPS) is 16.1.